The third-order valence-corrected chi connectivity index (χ3v) is 4.84. The molecule has 0 aliphatic carbocycles. The van der Waals surface area contributed by atoms with E-state index in [1.807, 2.05) is 6.07 Å². The number of fused-ring (bicyclic) bond motifs is 1. The molecule has 0 fully saturated rings. The van der Waals surface area contributed by atoms with Crippen LogP contribution in [0.15, 0.2) is 62.6 Å². The predicted octanol–water partition coefficient (Wildman–Crippen LogP) is 3.29. The van der Waals surface area contributed by atoms with Gasteiger partial charge in [0.05, 0.1) is 16.6 Å². The first-order valence-electron chi connectivity index (χ1n) is 8.19. The van der Waals surface area contributed by atoms with Crippen molar-refractivity contribution in [1.29, 1.82) is 0 Å². The van der Waals surface area contributed by atoms with Crippen molar-refractivity contribution < 1.29 is 4.79 Å². The molecule has 3 rings (SSSR count). The van der Waals surface area contributed by atoms with E-state index in [0.717, 1.165) is 9.04 Å². The number of H-pyrrole nitrogens is 1. The van der Waals surface area contributed by atoms with Crippen molar-refractivity contribution in [3.05, 3.63) is 73.8 Å². The normalized spacial score (nSPS) is 12.3. The van der Waals surface area contributed by atoms with Crippen LogP contribution in [0.3, 0.4) is 0 Å². The highest BCUT2D eigenvalue weighted by molar-refractivity contribution is 9.10. The molecule has 0 aliphatic rings. The lowest BCUT2D eigenvalue weighted by Crippen LogP contribution is -2.44. The lowest BCUT2D eigenvalue weighted by atomic mass is 10.0. The third kappa shape index (κ3) is 3.35. The highest BCUT2D eigenvalue weighted by atomic mass is 79.9. The molecule has 3 aromatic rings. The molecule has 134 valence electrons. The summed E-state index contributed by atoms with van der Waals surface area (Å²) >= 11 is 3.38. The topological polar surface area (TPSA) is 84.0 Å². The fourth-order valence-electron chi connectivity index (χ4n) is 2.92. The SMILES string of the molecule is CC(C)C(C(=O)Nc1ccccc1Br)n1c(=O)[nH]c2ccccc2c1=O. The van der Waals surface area contributed by atoms with Crippen LogP contribution in [0, 0.1) is 5.92 Å². The maximum absolute atomic E-state index is 12.9. The molecule has 1 unspecified atom stereocenters. The van der Waals surface area contributed by atoms with E-state index in [0.29, 0.717) is 16.6 Å². The maximum Gasteiger partial charge on any atom is 0.329 e. The van der Waals surface area contributed by atoms with E-state index in [1.54, 1.807) is 56.3 Å². The zero-order valence-corrected chi connectivity index (χ0v) is 15.9. The Balaban J connectivity index is 2.10. The highest BCUT2D eigenvalue weighted by Crippen LogP contribution is 2.24. The second-order valence-electron chi connectivity index (χ2n) is 6.31. The van der Waals surface area contributed by atoms with Crippen LogP contribution in [-0.4, -0.2) is 15.5 Å². The van der Waals surface area contributed by atoms with Crippen molar-refractivity contribution in [3.8, 4) is 0 Å². The Labute approximate surface area is 158 Å². The lowest BCUT2D eigenvalue weighted by Gasteiger charge is -2.22. The van der Waals surface area contributed by atoms with Crippen molar-refractivity contribution >= 4 is 38.4 Å². The maximum atomic E-state index is 12.9. The first-order chi connectivity index (χ1) is 12.4. The van der Waals surface area contributed by atoms with Gasteiger partial charge in [-0.15, -0.1) is 0 Å². The summed E-state index contributed by atoms with van der Waals surface area (Å²) in [6, 6.07) is 13.0. The van der Waals surface area contributed by atoms with Crippen molar-refractivity contribution in [2.45, 2.75) is 19.9 Å². The van der Waals surface area contributed by atoms with Gasteiger partial charge in [0.1, 0.15) is 6.04 Å². The Morgan fingerprint density at radius 2 is 1.73 bits per heavy atom. The molecule has 1 atom stereocenters. The van der Waals surface area contributed by atoms with Gasteiger partial charge in [0.25, 0.3) is 5.56 Å². The molecule has 1 amide bonds. The number of aromatic nitrogens is 2. The number of para-hydroxylation sites is 2. The zero-order valence-electron chi connectivity index (χ0n) is 14.3. The summed E-state index contributed by atoms with van der Waals surface area (Å²) in [6.45, 7) is 3.59. The molecule has 0 radical (unpaired) electrons. The van der Waals surface area contributed by atoms with Gasteiger partial charge in [-0.2, -0.15) is 0 Å². The minimum Gasteiger partial charge on any atom is -0.323 e. The number of benzene rings is 2. The Hall–Kier alpha value is -2.67. The van der Waals surface area contributed by atoms with Crippen molar-refractivity contribution in [3.63, 3.8) is 0 Å². The molecule has 2 N–H and O–H groups in total. The number of rotatable bonds is 4. The summed E-state index contributed by atoms with van der Waals surface area (Å²) in [5, 5.41) is 3.16. The number of halogens is 1. The van der Waals surface area contributed by atoms with E-state index < -0.39 is 23.2 Å². The Morgan fingerprint density at radius 3 is 2.42 bits per heavy atom. The van der Waals surface area contributed by atoms with Gasteiger partial charge < -0.3 is 10.3 Å². The number of carbonyl (C=O) groups excluding carboxylic acids is 1. The minimum absolute atomic E-state index is 0.266. The molecule has 2 aromatic carbocycles. The van der Waals surface area contributed by atoms with Crippen LogP contribution in [0.25, 0.3) is 10.9 Å². The van der Waals surface area contributed by atoms with Gasteiger partial charge in [0, 0.05) is 4.47 Å². The third-order valence-electron chi connectivity index (χ3n) is 4.15. The van der Waals surface area contributed by atoms with E-state index in [9.17, 15) is 14.4 Å². The summed E-state index contributed by atoms with van der Waals surface area (Å²) in [5.41, 5.74) is -0.0547. The van der Waals surface area contributed by atoms with Gasteiger partial charge in [-0.3, -0.25) is 9.59 Å². The monoisotopic (exact) mass is 415 g/mol. The Kier molecular flexibility index (Phi) is 5.08. The molecule has 1 heterocycles. The molecule has 1 aromatic heterocycles. The van der Waals surface area contributed by atoms with Crippen LogP contribution >= 0.6 is 15.9 Å². The molecule has 0 aliphatic heterocycles. The second-order valence-corrected chi connectivity index (χ2v) is 7.16. The molecule has 0 spiro atoms. The van der Waals surface area contributed by atoms with Crippen LogP contribution in [0.1, 0.15) is 19.9 Å². The van der Waals surface area contributed by atoms with E-state index in [2.05, 4.69) is 26.2 Å². The van der Waals surface area contributed by atoms with Crippen molar-refractivity contribution in [1.82, 2.24) is 9.55 Å². The van der Waals surface area contributed by atoms with Gasteiger partial charge in [-0.05, 0) is 46.1 Å². The standard InChI is InChI=1S/C19H18BrN3O3/c1-11(2)16(17(24)21-15-10-6-4-8-13(15)20)23-18(25)12-7-3-5-9-14(12)22-19(23)26/h3-11,16H,1-2H3,(H,21,24)(H,22,26). The number of aromatic amines is 1. The highest BCUT2D eigenvalue weighted by Gasteiger charge is 2.28. The number of hydrogen-bond acceptors (Lipinski definition) is 3. The summed E-state index contributed by atoms with van der Waals surface area (Å²) in [5.74, 6) is -0.688. The average molecular weight is 416 g/mol. The summed E-state index contributed by atoms with van der Waals surface area (Å²) in [6.07, 6.45) is 0. The molecule has 0 saturated carbocycles. The predicted molar refractivity (Wildman–Crippen MR) is 105 cm³/mol. The molecule has 6 nitrogen and oxygen atoms in total. The van der Waals surface area contributed by atoms with Gasteiger partial charge in [0.2, 0.25) is 5.91 Å². The minimum atomic E-state index is -0.942. The van der Waals surface area contributed by atoms with Crippen LogP contribution in [-0.2, 0) is 4.79 Å². The number of nitrogens with zero attached hydrogens (tertiary/aromatic N) is 1. The molecular weight excluding hydrogens is 398 g/mol. The second kappa shape index (κ2) is 7.29. The van der Waals surface area contributed by atoms with E-state index in [4.69, 9.17) is 0 Å². The first kappa shape index (κ1) is 18.1. The fourth-order valence-corrected chi connectivity index (χ4v) is 3.30. The van der Waals surface area contributed by atoms with E-state index in [1.165, 1.54) is 0 Å². The number of anilines is 1. The van der Waals surface area contributed by atoms with Crippen LogP contribution in [0.5, 0.6) is 0 Å². The number of carbonyl (C=O) groups is 1. The summed E-state index contributed by atoms with van der Waals surface area (Å²) < 4.78 is 1.72. The van der Waals surface area contributed by atoms with Gasteiger partial charge in [-0.1, -0.05) is 38.1 Å². The number of hydrogen-bond donors (Lipinski definition) is 2. The van der Waals surface area contributed by atoms with E-state index in [-0.39, 0.29) is 5.92 Å². The first-order valence-corrected chi connectivity index (χ1v) is 8.98. The van der Waals surface area contributed by atoms with Crippen LogP contribution in [0.4, 0.5) is 5.69 Å². The zero-order chi connectivity index (χ0) is 18.8. The van der Waals surface area contributed by atoms with Crippen LogP contribution in [0.2, 0.25) is 0 Å². The molecule has 26 heavy (non-hydrogen) atoms. The molecular formula is C19H18BrN3O3. The van der Waals surface area contributed by atoms with Crippen LogP contribution < -0.4 is 16.6 Å². The summed E-state index contributed by atoms with van der Waals surface area (Å²) in [7, 11) is 0. The average Bonchev–Trinajstić information content (AvgIpc) is 2.60. The number of nitrogens with one attached hydrogen (secondary N) is 2. The summed E-state index contributed by atoms with van der Waals surface area (Å²) in [4.78, 5) is 41.0. The lowest BCUT2D eigenvalue weighted by molar-refractivity contribution is -0.120. The van der Waals surface area contributed by atoms with Gasteiger partial charge in [-0.25, -0.2) is 9.36 Å². The Morgan fingerprint density at radius 1 is 1.08 bits per heavy atom. The number of amides is 1. The molecule has 0 bridgehead atoms. The van der Waals surface area contributed by atoms with E-state index >= 15 is 0 Å². The quantitative estimate of drug-likeness (QED) is 0.685. The molecule has 7 heteroatoms. The van der Waals surface area contributed by atoms with Crippen molar-refractivity contribution in [2.24, 2.45) is 5.92 Å². The molecule has 0 saturated heterocycles. The smallest absolute Gasteiger partial charge is 0.323 e. The Bertz CT molecular complexity index is 1090. The van der Waals surface area contributed by atoms with Gasteiger partial charge in [0.15, 0.2) is 0 Å². The fraction of sp³-hybridized carbons (Fsp3) is 0.211. The largest absolute Gasteiger partial charge is 0.329 e. The van der Waals surface area contributed by atoms with Gasteiger partial charge >= 0.3 is 5.69 Å². The van der Waals surface area contributed by atoms with Crippen molar-refractivity contribution in [2.75, 3.05) is 5.32 Å².